The van der Waals surface area contributed by atoms with E-state index in [1.807, 2.05) is 0 Å². The fraction of sp³-hybridized carbons (Fsp3) is 0.875. The molecule has 12 heteroatoms. The minimum atomic E-state index is -0.780. The number of ether oxygens (including phenoxy) is 9. The molecule has 0 amide bonds. The number of Topliss-reactive ketones (excluding diaryl/α,β-unsaturated/α-hetero) is 1. The van der Waals surface area contributed by atoms with Gasteiger partial charge in [0.1, 0.15) is 36.3 Å². The lowest BCUT2D eigenvalue weighted by Crippen LogP contribution is -2.61. The van der Waals surface area contributed by atoms with Crippen LogP contribution in [-0.2, 0) is 47.4 Å². The van der Waals surface area contributed by atoms with E-state index in [9.17, 15) is 9.90 Å². The summed E-state index contributed by atoms with van der Waals surface area (Å²) in [5.74, 6) is -0.619. The number of ketones is 1. The Morgan fingerprint density at radius 3 is 2.38 bits per heavy atom. The van der Waals surface area contributed by atoms with Crippen molar-refractivity contribution >= 4 is 5.78 Å². The topological polar surface area (TPSA) is 146 Å². The molecule has 10 aliphatic rings. The van der Waals surface area contributed by atoms with E-state index in [1.54, 1.807) is 7.11 Å². The number of carbonyl (C=O) groups is 1. The molecule has 0 aromatic rings. The van der Waals surface area contributed by atoms with E-state index in [0.29, 0.717) is 25.7 Å². The maximum atomic E-state index is 14.1. The molecule has 10 fully saturated rings. The zero-order valence-corrected chi connectivity index (χ0v) is 30.8. The molecule has 12 bridgehead atoms. The van der Waals surface area contributed by atoms with Crippen molar-refractivity contribution in [2.75, 3.05) is 13.7 Å². The van der Waals surface area contributed by atoms with Crippen molar-refractivity contribution in [2.24, 2.45) is 17.6 Å². The molecular weight excluding hydrogens is 670 g/mol. The monoisotopic (exact) mass is 729 g/mol. The lowest BCUT2D eigenvalue weighted by Gasteiger charge is -2.47. The Balaban J connectivity index is 0.994. The molecule has 52 heavy (non-hydrogen) atoms. The SMILES string of the molecule is C=C1C2C[C@@H]3OC(CC(O)CN)[C@H](OC)C3CC(=O)CC3CCC4OC5C6O[C@]7(CCC8CC(=C)[C@H](CC[C@@H](C[C@H]1C)O2)O8)CC6OC5C(O7)[C@H]4O3. The highest BCUT2D eigenvalue weighted by molar-refractivity contribution is 5.79. The molecule has 0 aromatic carbocycles. The summed E-state index contributed by atoms with van der Waals surface area (Å²) in [5, 5.41) is 10.5. The number of methoxy groups -OCH3 is 1. The lowest BCUT2D eigenvalue weighted by atomic mass is 9.81. The van der Waals surface area contributed by atoms with Gasteiger partial charge in [-0.25, -0.2) is 0 Å². The Bertz CT molecular complexity index is 1380. The third kappa shape index (κ3) is 6.59. The fourth-order valence-electron chi connectivity index (χ4n) is 11.3. The minimum absolute atomic E-state index is 0.0158. The van der Waals surface area contributed by atoms with Crippen LogP contribution in [-0.4, -0.2) is 128 Å². The van der Waals surface area contributed by atoms with Crippen molar-refractivity contribution in [3.63, 3.8) is 0 Å². The first-order chi connectivity index (χ1) is 25.1. The van der Waals surface area contributed by atoms with Crippen LogP contribution in [0.1, 0.15) is 90.4 Å². The van der Waals surface area contributed by atoms with E-state index in [0.717, 1.165) is 56.1 Å². The minimum Gasteiger partial charge on any atom is -0.392 e. The van der Waals surface area contributed by atoms with Gasteiger partial charge in [0.05, 0.1) is 67.1 Å². The van der Waals surface area contributed by atoms with Crippen LogP contribution in [0.4, 0.5) is 0 Å². The van der Waals surface area contributed by atoms with Gasteiger partial charge in [-0.2, -0.15) is 0 Å². The summed E-state index contributed by atoms with van der Waals surface area (Å²) in [6, 6.07) is 0. The predicted octanol–water partition coefficient (Wildman–Crippen LogP) is 3.44. The third-order valence-corrected chi connectivity index (χ3v) is 14.0. The van der Waals surface area contributed by atoms with Crippen LogP contribution >= 0.6 is 0 Å². The quantitative estimate of drug-likeness (QED) is 0.409. The first-order valence-corrected chi connectivity index (χ1v) is 20.2. The summed E-state index contributed by atoms with van der Waals surface area (Å²) in [6.45, 7) is 11.3. The zero-order valence-electron chi connectivity index (χ0n) is 30.8. The van der Waals surface area contributed by atoms with Crippen LogP contribution in [0.5, 0.6) is 0 Å². The maximum absolute atomic E-state index is 14.1. The first-order valence-electron chi connectivity index (χ1n) is 20.2. The summed E-state index contributed by atoms with van der Waals surface area (Å²) >= 11 is 0. The standard InChI is InChI=1S/C40H59NO11/c1-19-11-24-5-7-28-20(2)12-26(45-28)9-10-40-17-33-36(51-40)37-38(50-33)39(52-40)35-29(49-37)8-6-25(47-35)13-22(42)14-27-31(16-30(46-24)21(19)3)48-32(34(27)44-4)15-23(43)18-41/h19,23-39,43H,2-3,5-18,41H2,1,4H3/t19-,23?,24+,25?,26?,27?,28+,29?,30?,31+,32?,33?,34-,35+,36?,37?,38?,39?,40+/m1/s1. The van der Waals surface area contributed by atoms with Gasteiger partial charge in [-0.3, -0.25) is 4.79 Å². The highest BCUT2D eigenvalue weighted by Gasteiger charge is 2.68. The Morgan fingerprint density at radius 1 is 0.808 bits per heavy atom. The van der Waals surface area contributed by atoms with Gasteiger partial charge >= 0.3 is 0 Å². The highest BCUT2D eigenvalue weighted by Crippen LogP contribution is 2.54. The van der Waals surface area contributed by atoms with Crippen molar-refractivity contribution in [1.82, 2.24) is 0 Å². The van der Waals surface area contributed by atoms with E-state index in [1.165, 1.54) is 0 Å². The maximum Gasteiger partial charge on any atom is 0.172 e. The lowest BCUT2D eigenvalue weighted by molar-refractivity contribution is -0.292. The second-order valence-electron chi connectivity index (χ2n) is 17.4. The van der Waals surface area contributed by atoms with Crippen molar-refractivity contribution in [3.05, 3.63) is 24.3 Å². The number of rotatable bonds is 4. The molecule has 0 radical (unpaired) electrons. The molecule has 10 heterocycles. The van der Waals surface area contributed by atoms with E-state index in [4.69, 9.17) is 48.4 Å². The van der Waals surface area contributed by atoms with Gasteiger partial charge < -0.3 is 53.5 Å². The summed E-state index contributed by atoms with van der Waals surface area (Å²) in [7, 11) is 1.66. The van der Waals surface area contributed by atoms with Gasteiger partial charge in [0.2, 0.25) is 0 Å². The van der Waals surface area contributed by atoms with E-state index in [2.05, 4.69) is 20.1 Å². The number of aliphatic hydroxyl groups is 1. The van der Waals surface area contributed by atoms with Crippen molar-refractivity contribution in [3.8, 4) is 0 Å². The number of nitrogens with two attached hydrogens (primary N) is 1. The zero-order chi connectivity index (χ0) is 35.9. The molecule has 10 saturated heterocycles. The number of fused-ring (bicyclic) bond motifs is 6. The van der Waals surface area contributed by atoms with Gasteiger partial charge in [0.25, 0.3) is 0 Å². The second kappa shape index (κ2) is 14.3. The number of aliphatic hydroxyl groups excluding tert-OH is 1. The van der Waals surface area contributed by atoms with Crippen LogP contribution in [0.25, 0.3) is 0 Å². The van der Waals surface area contributed by atoms with Crippen LogP contribution in [0.15, 0.2) is 24.3 Å². The second-order valence-corrected chi connectivity index (χ2v) is 17.4. The summed E-state index contributed by atoms with van der Waals surface area (Å²) in [6.07, 6.45) is 4.85. The van der Waals surface area contributed by atoms with E-state index < -0.39 is 18.0 Å². The van der Waals surface area contributed by atoms with Crippen LogP contribution in [0, 0.1) is 11.8 Å². The largest absolute Gasteiger partial charge is 0.392 e. The van der Waals surface area contributed by atoms with Crippen LogP contribution < -0.4 is 5.73 Å². The third-order valence-electron chi connectivity index (χ3n) is 14.0. The molecular formula is C40H59NO11. The van der Waals surface area contributed by atoms with Crippen LogP contribution in [0.2, 0.25) is 0 Å². The molecule has 1 spiro atoms. The van der Waals surface area contributed by atoms with E-state index in [-0.39, 0.29) is 122 Å². The van der Waals surface area contributed by atoms with E-state index >= 15 is 0 Å². The van der Waals surface area contributed by atoms with Gasteiger partial charge in [0, 0.05) is 58.1 Å². The normalized spacial score (nSPS) is 52.4. The fourth-order valence-corrected chi connectivity index (χ4v) is 11.3. The molecule has 19 atom stereocenters. The molecule has 0 saturated carbocycles. The van der Waals surface area contributed by atoms with Gasteiger partial charge in [-0.1, -0.05) is 20.1 Å². The smallest absolute Gasteiger partial charge is 0.172 e. The summed E-state index contributed by atoms with van der Waals surface area (Å²) in [5.41, 5.74) is 8.01. The van der Waals surface area contributed by atoms with Crippen molar-refractivity contribution < 1.29 is 52.5 Å². The molecule has 290 valence electrons. The number of hydrogen-bond acceptors (Lipinski definition) is 12. The number of carbonyl (C=O) groups excluding carboxylic acids is 1. The average molecular weight is 730 g/mol. The summed E-state index contributed by atoms with van der Waals surface area (Å²) in [4.78, 5) is 14.1. The van der Waals surface area contributed by atoms with Crippen molar-refractivity contribution in [2.45, 2.75) is 194 Å². The first kappa shape index (κ1) is 36.4. The molecule has 10 rings (SSSR count). The molecule has 0 aliphatic carbocycles. The summed E-state index contributed by atoms with van der Waals surface area (Å²) < 4.78 is 60.0. The Hall–Kier alpha value is -1.29. The Kier molecular flexibility index (Phi) is 10.0. The molecule has 0 aromatic heterocycles. The molecule has 12 unspecified atom stereocenters. The molecule has 3 N–H and O–H groups in total. The Labute approximate surface area is 307 Å². The molecule has 12 nitrogen and oxygen atoms in total. The predicted molar refractivity (Wildman–Crippen MR) is 186 cm³/mol. The van der Waals surface area contributed by atoms with Gasteiger partial charge in [-0.15, -0.1) is 0 Å². The van der Waals surface area contributed by atoms with Gasteiger partial charge in [-0.05, 0) is 62.0 Å². The van der Waals surface area contributed by atoms with Gasteiger partial charge in [0.15, 0.2) is 5.79 Å². The number of hydrogen-bond donors (Lipinski definition) is 2. The average Bonchev–Trinajstić information content (AvgIpc) is 3.79. The van der Waals surface area contributed by atoms with Crippen molar-refractivity contribution in [1.29, 1.82) is 0 Å². The highest BCUT2D eigenvalue weighted by atomic mass is 16.8. The van der Waals surface area contributed by atoms with Crippen LogP contribution in [0.3, 0.4) is 0 Å². The molecule has 10 aliphatic heterocycles. The Morgan fingerprint density at radius 2 is 1.56 bits per heavy atom.